The van der Waals surface area contributed by atoms with Crippen LogP contribution in [0.4, 0.5) is 10.6 Å². The lowest BCUT2D eigenvalue weighted by atomic mass is 9.98. The molecule has 0 saturated carbocycles. The first-order chi connectivity index (χ1) is 18.4. The minimum atomic E-state index is -0.564. The molecule has 0 aliphatic heterocycles. The minimum absolute atomic E-state index is 0.157. The van der Waals surface area contributed by atoms with Gasteiger partial charge in [-0.25, -0.2) is 9.78 Å². The second-order valence-corrected chi connectivity index (χ2v) is 9.78. The number of pyridine rings is 1. The van der Waals surface area contributed by atoms with E-state index in [1.54, 1.807) is 78.2 Å². The number of anilines is 1. The van der Waals surface area contributed by atoms with Crippen LogP contribution in [0.15, 0.2) is 72.5 Å². The van der Waals surface area contributed by atoms with Crippen LogP contribution in [0.5, 0.6) is 5.75 Å². The van der Waals surface area contributed by atoms with Gasteiger partial charge in [0.15, 0.2) is 0 Å². The maximum absolute atomic E-state index is 13.1. The van der Waals surface area contributed by atoms with Crippen molar-refractivity contribution in [3.63, 3.8) is 0 Å². The van der Waals surface area contributed by atoms with E-state index in [0.717, 1.165) is 16.7 Å². The third-order valence-corrected chi connectivity index (χ3v) is 5.49. The van der Waals surface area contributed by atoms with Gasteiger partial charge >= 0.3 is 6.09 Å². The monoisotopic (exact) mass is 534 g/mol. The topological polar surface area (TPSA) is 110 Å². The molecule has 0 fully saturated rings. The highest BCUT2D eigenvalue weighted by Gasteiger charge is 2.16. The van der Waals surface area contributed by atoms with Gasteiger partial charge in [-0.15, -0.1) is 0 Å². The van der Waals surface area contributed by atoms with Gasteiger partial charge in [0.1, 0.15) is 23.8 Å². The van der Waals surface area contributed by atoms with Gasteiger partial charge in [0.25, 0.3) is 11.8 Å². The van der Waals surface area contributed by atoms with Crippen molar-refractivity contribution in [2.75, 3.05) is 32.1 Å². The quantitative estimate of drug-likeness (QED) is 0.255. The lowest BCUT2D eigenvalue weighted by Crippen LogP contribution is -2.34. The lowest BCUT2D eigenvalue weighted by molar-refractivity contribution is -0.114. The summed E-state index contributed by atoms with van der Waals surface area (Å²) in [5.41, 5.74) is 3.12. The van der Waals surface area contributed by atoms with Crippen molar-refractivity contribution in [1.29, 1.82) is 0 Å². The van der Waals surface area contributed by atoms with E-state index < -0.39 is 11.7 Å². The van der Waals surface area contributed by atoms with Crippen molar-refractivity contribution in [2.24, 2.45) is 0 Å². The average molecular weight is 535 g/mol. The molecule has 0 unspecified atom stereocenters. The first kappa shape index (κ1) is 30.8. The average Bonchev–Trinajstić information content (AvgIpc) is 2.90. The molecule has 2 rings (SSSR count). The molecule has 9 heteroatoms. The largest absolute Gasteiger partial charge is 0.490 e. The highest BCUT2D eigenvalue weighted by molar-refractivity contribution is 6.04. The number of ether oxygens (including phenoxy) is 2. The van der Waals surface area contributed by atoms with Gasteiger partial charge in [-0.05, 0) is 75.6 Å². The molecule has 0 atom stereocenters. The summed E-state index contributed by atoms with van der Waals surface area (Å²) >= 11 is 0. The van der Waals surface area contributed by atoms with Gasteiger partial charge in [0.2, 0.25) is 0 Å². The van der Waals surface area contributed by atoms with E-state index >= 15 is 0 Å². The number of hydrogen-bond donors (Lipinski definition) is 2. The molecule has 1 aromatic carbocycles. The molecule has 3 amide bonds. The molecule has 39 heavy (non-hydrogen) atoms. The molecule has 0 saturated heterocycles. The number of likely N-dealkylation sites (N-methyl/N-ethyl adjacent to an activating group) is 1. The molecule has 0 aliphatic carbocycles. The molecule has 2 aromatic rings. The highest BCUT2D eigenvalue weighted by atomic mass is 16.6. The lowest BCUT2D eigenvalue weighted by Gasteiger charge is -2.19. The second-order valence-electron chi connectivity index (χ2n) is 9.78. The molecule has 208 valence electrons. The number of carbonyl (C=O) groups is 3. The molecule has 1 aromatic heterocycles. The van der Waals surface area contributed by atoms with E-state index in [2.05, 4.69) is 22.2 Å². The predicted octanol–water partition coefficient (Wildman–Crippen LogP) is 4.91. The number of alkyl carbamates (subject to hydrolysis) is 1. The Kier molecular flexibility index (Phi) is 11.0. The number of carbonyl (C=O) groups excluding carboxylic acids is 3. The number of amides is 3. The zero-order valence-electron chi connectivity index (χ0n) is 23.8. The van der Waals surface area contributed by atoms with Crippen molar-refractivity contribution in [3.8, 4) is 5.75 Å². The third-order valence-electron chi connectivity index (χ3n) is 5.49. The fourth-order valence-electron chi connectivity index (χ4n) is 3.58. The number of nitrogens with one attached hydrogen (secondary N) is 2. The van der Waals surface area contributed by atoms with Crippen LogP contribution >= 0.6 is 0 Å². The normalized spacial score (nSPS) is 12.1. The number of allylic oxidation sites excluding steroid dienone is 4. The van der Waals surface area contributed by atoms with Crippen LogP contribution in [-0.2, 0) is 9.53 Å². The van der Waals surface area contributed by atoms with E-state index in [1.807, 2.05) is 19.1 Å². The third kappa shape index (κ3) is 9.45. The number of benzene rings is 1. The Morgan fingerprint density at radius 1 is 1.05 bits per heavy atom. The maximum atomic E-state index is 13.1. The Hall–Kier alpha value is -4.40. The zero-order valence-corrected chi connectivity index (χ0v) is 23.8. The highest BCUT2D eigenvalue weighted by Crippen LogP contribution is 2.23. The van der Waals surface area contributed by atoms with E-state index in [9.17, 15) is 14.4 Å². The standard InChI is InChI=1S/C30H38N4O5/c1-9-25(22-10-12-23(13-11-22)27(35)31-7)20(2)18-21(3)28(36)34(8)26-15-14-24(19-33-26)38-17-16-32-29(37)39-30(4,5)6/h9-15,18-19H,1,16-17H2,2-8H3,(H,31,35)(H,32,37). The Balaban J connectivity index is 2.02. The van der Waals surface area contributed by atoms with Gasteiger partial charge < -0.3 is 20.1 Å². The number of nitrogens with zero attached hydrogens (tertiary/aromatic N) is 2. The molecule has 0 spiro atoms. The van der Waals surface area contributed by atoms with E-state index in [1.165, 1.54) is 11.1 Å². The Morgan fingerprint density at radius 2 is 1.69 bits per heavy atom. The number of hydrogen-bond acceptors (Lipinski definition) is 6. The van der Waals surface area contributed by atoms with Crippen LogP contribution in [0, 0.1) is 0 Å². The summed E-state index contributed by atoms with van der Waals surface area (Å²) in [6.07, 6.45) is 4.55. The van der Waals surface area contributed by atoms with Crippen molar-refractivity contribution in [2.45, 2.75) is 40.2 Å². The smallest absolute Gasteiger partial charge is 0.407 e. The molecule has 1 heterocycles. The summed E-state index contributed by atoms with van der Waals surface area (Å²) in [5, 5.41) is 5.22. The predicted molar refractivity (Wildman–Crippen MR) is 154 cm³/mol. The molecule has 0 bridgehead atoms. The fraction of sp³-hybridized carbons (Fsp3) is 0.333. The summed E-state index contributed by atoms with van der Waals surface area (Å²) < 4.78 is 10.8. The van der Waals surface area contributed by atoms with Crippen molar-refractivity contribution in [1.82, 2.24) is 15.6 Å². The minimum Gasteiger partial charge on any atom is -0.490 e. The Bertz CT molecular complexity index is 1240. The first-order valence-electron chi connectivity index (χ1n) is 12.5. The van der Waals surface area contributed by atoms with Crippen LogP contribution < -0.4 is 20.3 Å². The molecular formula is C30H38N4O5. The second kappa shape index (κ2) is 13.9. The van der Waals surface area contributed by atoms with E-state index in [4.69, 9.17) is 9.47 Å². The van der Waals surface area contributed by atoms with Crippen molar-refractivity contribution < 1.29 is 23.9 Å². The summed E-state index contributed by atoms with van der Waals surface area (Å²) in [6.45, 7) is 13.5. The zero-order chi connectivity index (χ0) is 29.2. The van der Waals surface area contributed by atoms with Crippen molar-refractivity contribution in [3.05, 3.63) is 83.6 Å². The van der Waals surface area contributed by atoms with Gasteiger partial charge in [0.05, 0.1) is 12.7 Å². The first-order valence-corrected chi connectivity index (χ1v) is 12.5. The number of rotatable bonds is 10. The van der Waals surface area contributed by atoms with Crippen molar-refractivity contribution >= 4 is 29.3 Å². The van der Waals surface area contributed by atoms with E-state index in [0.29, 0.717) is 22.7 Å². The van der Waals surface area contributed by atoms with Crippen LogP contribution in [0.2, 0.25) is 0 Å². The fourth-order valence-corrected chi connectivity index (χ4v) is 3.58. The SMILES string of the molecule is C=CC(=C(C)C=C(C)C(=O)N(C)c1ccc(OCCNC(=O)OC(C)(C)C)cn1)c1ccc(C(=O)NC)cc1. The molecular weight excluding hydrogens is 496 g/mol. The van der Waals surface area contributed by atoms with Gasteiger partial charge in [-0.1, -0.05) is 30.9 Å². The molecule has 0 radical (unpaired) electrons. The summed E-state index contributed by atoms with van der Waals surface area (Å²) in [6, 6.07) is 10.6. The number of aromatic nitrogens is 1. The van der Waals surface area contributed by atoms with Gasteiger partial charge in [-0.2, -0.15) is 0 Å². The van der Waals surface area contributed by atoms with Crippen LogP contribution in [-0.4, -0.2) is 55.7 Å². The molecule has 0 aliphatic rings. The molecule has 9 nitrogen and oxygen atoms in total. The Morgan fingerprint density at radius 3 is 2.23 bits per heavy atom. The van der Waals surface area contributed by atoms with Crippen LogP contribution in [0.25, 0.3) is 5.57 Å². The summed E-state index contributed by atoms with van der Waals surface area (Å²) in [4.78, 5) is 42.4. The van der Waals surface area contributed by atoms with Crippen LogP contribution in [0.3, 0.4) is 0 Å². The van der Waals surface area contributed by atoms with Gasteiger partial charge in [0, 0.05) is 25.2 Å². The Labute approximate surface area is 230 Å². The summed E-state index contributed by atoms with van der Waals surface area (Å²) in [5.74, 6) is 0.600. The van der Waals surface area contributed by atoms with E-state index in [-0.39, 0.29) is 25.0 Å². The molecule has 2 N–H and O–H groups in total. The maximum Gasteiger partial charge on any atom is 0.407 e. The van der Waals surface area contributed by atoms with Gasteiger partial charge in [-0.3, -0.25) is 14.5 Å². The summed E-state index contributed by atoms with van der Waals surface area (Å²) in [7, 11) is 3.24. The van der Waals surface area contributed by atoms with Crippen LogP contribution in [0.1, 0.15) is 50.5 Å².